The van der Waals surface area contributed by atoms with Crippen molar-refractivity contribution in [3.8, 4) is 0 Å². The number of hydrogen-bond acceptors (Lipinski definition) is 1. The average molecular weight is 246 g/mol. The summed E-state index contributed by atoms with van der Waals surface area (Å²) < 4.78 is 0. The number of unbranched alkanes of at least 4 members (excludes halogenated alkanes) is 4. The van der Waals surface area contributed by atoms with E-state index in [9.17, 15) is 4.79 Å². The van der Waals surface area contributed by atoms with Gasteiger partial charge in [0, 0.05) is 6.42 Å². The minimum absolute atomic E-state index is 0.309. The van der Waals surface area contributed by atoms with Crippen LogP contribution in [0.15, 0.2) is 30.8 Å². The van der Waals surface area contributed by atoms with Crippen LogP contribution < -0.4 is 0 Å². The highest BCUT2D eigenvalue weighted by molar-refractivity contribution is 5.66. The lowest BCUT2D eigenvalue weighted by molar-refractivity contribution is -0.137. The van der Waals surface area contributed by atoms with Crippen LogP contribution in [0.25, 0.3) is 6.08 Å². The lowest BCUT2D eigenvalue weighted by Gasteiger charge is -2.02. The van der Waals surface area contributed by atoms with Gasteiger partial charge in [-0.2, -0.15) is 0 Å². The molecule has 18 heavy (non-hydrogen) atoms. The average Bonchev–Trinajstić information content (AvgIpc) is 2.38. The normalized spacial score (nSPS) is 10.2. The minimum atomic E-state index is -0.683. The van der Waals surface area contributed by atoms with Gasteiger partial charge < -0.3 is 5.11 Å². The second-order valence-corrected chi connectivity index (χ2v) is 4.61. The molecule has 2 heteroatoms. The summed E-state index contributed by atoms with van der Waals surface area (Å²) in [6, 6.07) is 8.49. The fourth-order valence-corrected chi connectivity index (χ4v) is 1.96. The molecule has 0 atom stereocenters. The summed E-state index contributed by atoms with van der Waals surface area (Å²) in [7, 11) is 0. The first-order valence-electron chi connectivity index (χ1n) is 6.65. The molecule has 0 heterocycles. The van der Waals surface area contributed by atoms with Gasteiger partial charge in [0.25, 0.3) is 0 Å². The molecule has 0 spiro atoms. The van der Waals surface area contributed by atoms with Gasteiger partial charge in [-0.25, -0.2) is 0 Å². The zero-order chi connectivity index (χ0) is 13.2. The molecular weight excluding hydrogens is 224 g/mol. The monoisotopic (exact) mass is 246 g/mol. The van der Waals surface area contributed by atoms with Gasteiger partial charge in [0.15, 0.2) is 0 Å². The van der Waals surface area contributed by atoms with Gasteiger partial charge in [0.05, 0.1) is 0 Å². The molecule has 2 nitrogen and oxygen atoms in total. The van der Waals surface area contributed by atoms with Crippen LogP contribution in [0.1, 0.15) is 49.7 Å². The van der Waals surface area contributed by atoms with Crippen LogP contribution in [0.4, 0.5) is 0 Å². The van der Waals surface area contributed by atoms with E-state index in [0.717, 1.165) is 31.2 Å². The molecule has 0 aliphatic heterocycles. The van der Waals surface area contributed by atoms with E-state index in [-0.39, 0.29) is 0 Å². The van der Waals surface area contributed by atoms with Gasteiger partial charge in [-0.15, -0.1) is 0 Å². The fraction of sp³-hybridized carbons (Fsp3) is 0.438. The highest BCUT2D eigenvalue weighted by atomic mass is 16.4. The third-order valence-electron chi connectivity index (χ3n) is 3.07. The van der Waals surface area contributed by atoms with E-state index in [1.54, 1.807) is 0 Å². The lowest BCUT2D eigenvalue weighted by atomic mass is 10.0. The molecule has 0 aliphatic carbocycles. The van der Waals surface area contributed by atoms with Crippen LogP contribution >= 0.6 is 0 Å². The van der Waals surface area contributed by atoms with Crippen molar-refractivity contribution in [3.63, 3.8) is 0 Å². The quantitative estimate of drug-likeness (QED) is 0.660. The first-order valence-corrected chi connectivity index (χ1v) is 6.65. The molecule has 1 N–H and O–H groups in total. The van der Waals surface area contributed by atoms with Crippen LogP contribution in [-0.4, -0.2) is 11.1 Å². The van der Waals surface area contributed by atoms with Crippen LogP contribution in [-0.2, 0) is 11.2 Å². The Balaban J connectivity index is 2.06. The van der Waals surface area contributed by atoms with E-state index in [2.05, 4.69) is 30.8 Å². The number of rotatable bonds is 9. The maximum atomic E-state index is 10.3. The molecule has 0 aromatic heterocycles. The Morgan fingerprint density at radius 1 is 1.06 bits per heavy atom. The van der Waals surface area contributed by atoms with Crippen molar-refractivity contribution in [2.24, 2.45) is 0 Å². The molecule has 0 saturated carbocycles. The van der Waals surface area contributed by atoms with Crippen molar-refractivity contribution < 1.29 is 9.90 Å². The van der Waals surface area contributed by atoms with E-state index >= 15 is 0 Å². The predicted molar refractivity (Wildman–Crippen MR) is 75.6 cm³/mol. The highest BCUT2D eigenvalue weighted by Crippen LogP contribution is 2.11. The van der Waals surface area contributed by atoms with Gasteiger partial charge in [-0.3, -0.25) is 4.79 Å². The summed E-state index contributed by atoms with van der Waals surface area (Å²) in [4.78, 5) is 10.3. The van der Waals surface area contributed by atoms with Crippen molar-refractivity contribution in [2.75, 3.05) is 0 Å². The highest BCUT2D eigenvalue weighted by Gasteiger charge is 1.97. The molecule has 0 radical (unpaired) electrons. The zero-order valence-corrected chi connectivity index (χ0v) is 10.9. The van der Waals surface area contributed by atoms with Crippen molar-refractivity contribution in [1.29, 1.82) is 0 Å². The van der Waals surface area contributed by atoms with Crippen molar-refractivity contribution >= 4 is 12.0 Å². The second-order valence-electron chi connectivity index (χ2n) is 4.61. The Kier molecular flexibility index (Phi) is 6.85. The van der Waals surface area contributed by atoms with E-state index < -0.39 is 5.97 Å². The third kappa shape index (κ3) is 6.24. The molecule has 1 rings (SSSR count). The first kappa shape index (κ1) is 14.5. The van der Waals surface area contributed by atoms with E-state index in [1.165, 1.54) is 18.4 Å². The van der Waals surface area contributed by atoms with Gasteiger partial charge in [0.1, 0.15) is 0 Å². The molecule has 0 amide bonds. The van der Waals surface area contributed by atoms with E-state index in [4.69, 9.17) is 5.11 Å². The van der Waals surface area contributed by atoms with Crippen LogP contribution in [0.2, 0.25) is 0 Å². The number of aryl methyl sites for hydroxylation is 1. The Labute approximate surface area is 109 Å². The standard InChI is InChI=1S/C16H22O2/c1-2-14-10-12-15(13-11-14)8-6-4-3-5-7-9-16(17)18/h2,10-13H,1,3-9H2,(H,17,18). The molecule has 98 valence electrons. The van der Waals surface area contributed by atoms with Gasteiger partial charge in [-0.05, 0) is 30.4 Å². The van der Waals surface area contributed by atoms with Gasteiger partial charge >= 0.3 is 5.97 Å². The second kappa shape index (κ2) is 8.51. The summed E-state index contributed by atoms with van der Waals surface area (Å²) in [6.45, 7) is 3.74. The van der Waals surface area contributed by atoms with E-state index in [1.807, 2.05) is 6.08 Å². The first-order chi connectivity index (χ1) is 8.72. The molecule has 0 unspecified atom stereocenters. The minimum Gasteiger partial charge on any atom is -0.481 e. The number of carboxylic acid groups (broad SMARTS) is 1. The number of carboxylic acids is 1. The molecule has 1 aromatic carbocycles. The fourth-order valence-electron chi connectivity index (χ4n) is 1.96. The maximum Gasteiger partial charge on any atom is 0.303 e. The molecule has 0 fully saturated rings. The predicted octanol–water partition coefficient (Wildman–Crippen LogP) is 4.30. The van der Waals surface area contributed by atoms with Crippen molar-refractivity contribution in [1.82, 2.24) is 0 Å². The summed E-state index contributed by atoms with van der Waals surface area (Å²) in [5.74, 6) is -0.683. The maximum absolute atomic E-state index is 10.3. The Hall–Kier alpha value is -1.57. The molecule has 0 bridgehead atoms. The molecule has 0 saturated heterocycles. The summed E-state index contributed by atoms with van der Waals surface area (Å²) in [5, 5.41) is 8.50. The van der Waals surface area contributed by atoms with Crippen LogP contribution in [0.5, 0.6) is 0 Å². The van der Waals surface area contributed by atoms with Gasteiger partial charge in [0.2, 0.25) is 0 Å². The number of aliphatic carboxylic acids is 1. The topological polar surface area (TPSA) is 37.3 Å². The lowest BCUT2D eigenvalue weighted by Crippen LogP contribution is -1.93. The van der Waals surface area contributed by atoms with Gasteiger partial charge in [-0.1, -0.05) is 56.2 Å². The van der Waals surface area contributed by atoms with E-state index in [0.29, 0.717) is 6.42 Å². The third-order valence-corrected chi connectivity index (χ3v) is 3.07. The van der Waals surface area contributed by atoms with Crippen LogP contribution in [0, 0.1) is 0 Å². The molecular formula is C16H22O2. The summed E-state index contributed by atoms with van der Waals surface area (Å²) in [5.41, 5.74) is 2.53. The Morgan fingerprint density at radius 2 is 1.67 bits per heavy atom. The smallest absolute Gasteiger partial charge is 0.303 e. The number of benzene rings is 1. The Bertz CT molecular complexity index is 365. The summed E-state index contributed by atoms with van der Waals surface area (Å²) in [6.07, 6.45) is 8.61. The molecule has 0 aliphatic rings. The largest absolute Gasteiger partial charge is 0.481 e. The number of hydrogen-bond donors (Lipinski definition) is 1. The Morgan fingerprint density at radius 3 is 2.28 bits per heavy atom. The van der Waals surface area contributed by atoms with Crippen molar-refractivity contribution in [3.05, 3.63) is 42.0 Å². The SMILES string of the molecule is C=Cc1ccc(CCCCCCCC(=O)O)cc1. The van der Waals surface area contributed by atoms with Crippen LogP contribution in [0.3, 0.4) is 0 Å². The zero-order valence-electron chi connectivity index (χ0n) is 10.9. The number of carbonyl (C=O) groups is 1. The summed E-state index contributed by atoms with van der Waals surface area (Å²) >= 11 is 0. The molecule has 1 aromatic rings. The van der Waals surface area contributed by atoms with Crippen molar-refractivity contribution in [2.45, 2.75) is 44.9 Å².